The molecular weight excluding hydrogens is 231 g/mol. The number of fused-ring (bicyclic) bond motifs is 1. The lowest BCUT2D eigenvalue weighted by Crippen LogP contribution is -2.36. The summed E-state index contributed by atoms with van der Waals surface area (Å²) < 4.78 is 13.1. The molecule has 2 unspecified atom stereocenters. The molecule has 1 amide bonds. The highest BCUT2D eigenvalue weighted by Gasteiger charge is 2.25. The fourth-order valence-electron chi connectivity index (χ4n) is 2.45. The Morgan fingerprint density at radius 1 is 1.56 bits per heavy atom. The summed E-state index contributed by atoms with van der Waals surface area (Å²) in [6.45, 7) is 2.56. The zero-order chi connectivity index (χ0) is 13.1. The highest BCUT2D eigenvalue weighted by Crippen LogP contribution is 2.31. The van der Waals surface area contributed by atoms with Crippen LogP contribution in [0.5, 0.6) is 0 Å². The Labute approximate surface area is 107 Å². The molecule has 0 radical (unpaired) electrons. The van der Waals surface area contributed by atoms with E-state index in [4.69, 9.17) is 0 Å². The molecule has 0 saturated heterocycles. The van der Waals surface area contributed by atoms with Gasteiger partial charge in [0.15, 0.2) is 0 Å². The minimum absolute atomic E-state index is 0.0346. The number of benzene rings is 1. The summed E-state index contributed by atoms with van der Waals surface area (Å²) in [5.74, 6) is -0.213. The first-order valence-corrected chi connectivity index (χ1v) is 6.35. The van der Waals surface area contributed by atoms with E-state index in [-0.39, 0.29) is 23.7 Å². The molecule has 3 nitrogen and oxygen atoms in total. The molecule has 0 aromatic heterocycles. The molecule has 2 atom stereocenters. The molecule has 18 heavy (non-hydrogen) atoms. The first-order valence-electron chi connectivity index (χ1n) is 6.35. The van der Waals surface area contributed by atoms with E-state index in [0.29, 0.717) is 6.54 Å². The maximum absolute atomic E-state index is 13.1. The normalized spacial score (nSPS) is 19.4. The number of aryl methyl sites for hydroxylation is 1. The van der Waals surface area contributed by atoms with E-state index >= 15 is 0 Å². The van der Waals surface area contributed by atoms with Crippen LogP contribution in [0, 0.1) is 11.7 Å². The van der Waals surface area contributed by atoms with Crippen molar-refractivity contribution in [2.75, 3.05) is 13.6 Å². The van der Waals surface area contributed by atoms with Gasteiger partial charge in [-0.1, -0.05) is 13.0 Å². The van der Waals surface area contributed by atoms with Crippen LogP contribution in [0.1, 0.15) is 30.5 Å². The van der Waals surface area contributed by atoms with Gasteiger partial charge in [0, 0.05) is 12.5 Å². The highest BCUT2D eigenvalue weighted by atomic mass is 19.1. The topological polar surface area (TPSA) is 41.1 Å². The van der Waals surface area contributed by atoms with Gasteiger partial charge in [-0.3, -0.25) is 4.79 Å². The zero-order valence-electron chi connectivity index (χ0n) is 10.8. The molecule has 0 fully saturated rings. The quantitative estimate of drug-likeness (QED) is 0.855. The van der Waals surface area contributed by atoms with Crippen LogP contribution in [0.25, 0.3) is 0 Å². The smallest absolute Gasteiger partial charge is 0.224 e. The summed E-state index contributed by atoms with van der Waals surface area (Å²) in [7, 11) is 1.83. The lowest BCUT2D eigenvalue weighted by atomic mass is 10.1. The van der Waals surface area contributed by atoms with Crippen molar-refractivity contribution in [1.82, 2.24) is 10.6 Å². The molecule has 98 valence electrons. The number of carbonyl (C=O) groups is 1. The van der Waals surface area contributed by atoms with Crippen LogP contribution in [-0.4, -0.2) is 19.5 Å². The van der Waals surface area contributed by atoms with Crippen molar-refractivity contribution in [3.63, 3.8) is 0 Å². The second kappa shape index (κ2) is 5.48. The molecule has 4 heteroatoms. The number of rotatable bonds is 4. The molecule has 2 N–H and O–H groups in total. The van der Waals surface area contributed by atoms with Gasteiger partial charge in [-0.2, -0.15) is 0 Å². The number of amides is 1. The summed E-state index contributed by atoms with van der Waals surface area (Å²) >= 11 is 0. The molecule has 1 aromatic rings. The monoisotopic (exact) mass is 250 g/mol. The second-order valence-corrected chi connectivity index (χ2v) is 4.90. The fourth-order valence-corrected chi connectivity index (χ4v) is 2.45. The van der Waals surface area contributed by atoms with Crippen LogP contribution >= 0.6 is 0 Å². The molecule has 0 bridgehead atoms. The third kappa shape index (κ3) is 2.70. The summed E-state index contributed by atoms with van der Waals surface area (Å²) in [5, 5.41) is 6.03. The predicted molar refractivity (Wildman–Crippen MR) is 68.7 cm³/mol. The molecule has 0 heterocycles. The fraction of sp³-hybridized carbons (Fsp3) is 0.500. The number of carbonyl (C=O) groups excluding carboxylic acids is 1. The largest absolute Gasteiger partial charge is 0.349 e. The van der Waals surface area contributed by atoms with Gasteiger partial charge >= 0.3 is 0 Å². The van der Waals surface area contributed by atoms with Crippen LogP contribution in [0.15, 0.2) is 18.2 Å². The van der Waals surface area contributed by atoms with Crippen LogP contribution in [0.3, 0.4) is 0 Å². The van der Waals surface area contributed by atoms with Crippen LogP contribution in [0.4, 0.5) is 4.39 Å². The van der Waals surface area contributed by atoms with Gasteiger partial charge in [-0.25, -0.2) is 4.39 Å². The van der Waals surface area contributed by atoms with E-state index < -0.39 is 0 Å². The van der Waals surface area contributed by atoms with Gasteiger partial charge < -0.3 is 10.6 Å². The van der Waals surface area contributed by atoms with Gasteiger partial charge in [0.05, 0.1) is 6.04 Å². The van der Waals surface area contributed by atoms with E-state index in [0.717, 1.165) is 24.0 Å². The van der Waals surface area contributed by atoms with E-state index in [1.54, 1.807) is 12.1 Å². The summed E-state index contributed by atoms with van der Waals surface area (Å²) in [4.78, 5) is 11.9. The predicted octanol–water partition coefficient (Wildman–Crippen LogP) is 1.78. The number of nitrogens with one attached hydrogen (secondary N) is 2. The molecule has 0 saturated carbocycles. The molecule has 1 aliphatic rings. The Balaban J connectivity index is 2.03. The Morgan fingerprint density at radius 2 is 2.33 bits per heavy atom. The maximum Gasteiger partial charge on any atom is 0.224 e. The Bertz CT molecular complexity index is 447. The molecular formula is C14H19FN2O. The van der Waals surface area contributed by atoms with Gasteiger partial charge in [-0.05, 0) is 43.1 Å². The van der Waals surface area contributed by atoms with Gasteiger partial charge in [-0.15, -0.1) is 0 Å². The lowest BCUT2D eigenvalue weighted by molar-refractivity contribution is -0.125. The van der Waals surface area contributed by atoms with Crippen LogP contribution in [0.2, 0.25) is 0 Å². The Morgan fingerprint density at radius 3 is 3.06 bits per heavy atom. The first-order chi connectivity index (χ1) is 8.61. The van der Waals surface area contributed by atoms with Crippen molar-refractivity contribution in [1.29, 1.82) is 0 Å². The van der Waals surface area contributed by atoms with Gasteiger partial charge in [0.1, 0.15) is 5.82 Å². The van der Waals surface area contributed by atoms with Gasteiger partial charge in [0.25, 0.3) is 0 Å². The number of hydrogen-bond donors (Lipinski definition) is 2. The SMILES string of the molecule is CNCC(C)C(=O)NC1CCc2cc(F)ccc21. The summed E-state index contributed by atoms with van der Waals surface area (Å²) in [6, 6.07) is 4.84. The zero-order valence-corrected chi connectivity index (χ0v) is 10.8. The van der Waals surface area contributed by atoms with E-state index in [2.05, 4.69) is 10.6 Å². The number of halogens is 1. The molecule has 2 rings (SSSR count). The number of hydrogen-bond acceptors (Lipinski definition) is 2. The third-order valence-corrected chi connectivity index (χ3v) is 3.46. The third-order valence-electron chi connectivity index (χ3n) is 3.46. The van der Waals surface area contributed by atoms with E-state index in [1.807, 2.05) is 14.0 Å². The molecule has 0 spiro atoms. The van der Waals surface area contributed by atoms with Gasteiger partial charge in [0.2, 0.25) is 5.91 Å². The van der Waals surface area contributed by atoms with Crippen molar-refractivity contribution in [2.45, 2.75) is 25.8 Å². The van der Waals surface area contributed by atoms with Crippen LogP contribution < -0.4 is 10.6 Å². The maximum atomic E-state index is 13.1. The minimum atomic E-state index is -0.204. The van der Waals surface area contributed by atoms with E-state index in [9.17, 15) is 9.18 Å². The summed E-state index contributed by atoms with van der Waals surface area (Å²) in [6.07, 6.45) is 1.69. The minimum Gasteiger partial charge on any atom is -0.349 e. The molecule has 1 aromatic carbocycles. The average Bonchev–Trinajstić information content (AvgIpc) is 2.72. The lowest BCUT2D eigenvalue weighted by Gasteiger charge is -2.17. The van der Waals surface area contributed by atoms with Crippen molar-refractivity contribution < 1.29 is 9.18 Å². The van der Waals surface area contributed by atoms with Crippen molar-refractivity contribution >= 4 is 5.91 Å². The van der Waals surface area contributed by atoms with Crippen molar-refractivity contribution in [3.05, 3.63) is 35.1 Å². The highest BCUT2D eigenvalue weighted by molar-refractivity contribution is 5.79. The standard InChI is InChI=1S/C14H19FN2O/c1-9(8-16-2)14(18)17-13-6-3-10-7-11(15)4-5-12(10)13/h4-5,7,9,13,16H,3,6,8H2,1-2H3,(H,17,18). The van der Waals surface area contributed by atoms with E-state index in [1.165, 1.54) is 6.07 Å². The first kappa shape index (κ1) is 13.0. The summed E-state index contributed by atoms with van der Waals surface area (Å²) in [5.41, 5.74) is 2.07. The van der Waals surface area contributed by atoms with Crippen molar-refractivity contribution in [3.8, 4) is 0 Å². The Hall–Kier alpha value is -1.42. The van der Waals surface area contributed by atoms with Crippen molar-refractivity contribution in [2.24, 2.45) is 5.92 Å². The average molecular weight is 250 g/mol. The Kier molecular flexibility index (Phi) is 3.97. The van der Waals surface area contributed by atoms with Crippen LogP contribution in [-0.2, 0) is 11.2 Å². The molecule has 1 aliphatic carbocycles. The molecule has 0 aliphatic heterocycles. The second-order valence-electron chi connectivity index (χ2n) is 4.90.